The Morgan fingerprint density at radius 3 is 3.24 bits per heavy atom. The molecule has 1 aliphatic carbocycles. The third-order valence-corrected chi connectivity index (χ3v) is 4.06. The van der Waals surface area contributed by atoms with Gasteiger partial charge in [0, 0.05) is 12.7 Å². The Morgan fingerprint density at radius 1 is 1.47 bits per heavy atom. The van der Waals surface area contributed by atoms with Crippen LogP contribution in [0.2, 0.25) is 0 Å². The number of aromatic nitrogens is 2. The van der Waals surface area contributed by atoms with E-state index in [9.17, 15) is 0 Å². The number of hydrogen-bond acceptors (Lipinski definition) is 5. The van der Waals surface area contributed by atoms with Crippen molar-refractivity contribution in [3.05, 3.63) is 10.7 Å². The predicted octanol–water partition coefficient (Wildman–Crippen LogP) is 1.58. The maximum absolute atomic E-state index is 5.79. The van der Waals surface area contributed by atoms with Gasteiger partial charge in [-0.15, -0.1) is 0 Å². The molecule has 1 saturated heterocycles. The Bertz CT molecular complexity index is 428. The molecule has 0 spiro atoms. The molecule has 2 fully saturated rings. The zero-order chi connectivity index (χ0) is 11.8. The summed E-state index contributed by atoms with van der Waals surface area (Å²) in [5.41, 5.74) is 5.67. The number of hydrogen-bond donors (Lipinski definition) is 1. The van der Waals surface area contributed by atoms with E-state index in [1.54, 1.807) is 6.20 Å². The largest absolute Gasteiger partial charge is 0.374 e. The zero-order valence-electron chi connectivity index (χ0n) is 9.47. The van der Waals surface area contributed by atoms with Gasteiger partial charge in [-0.1, -0.05) is 0 Å². The molecule has 2 atom stereocenters. The van der Waals surface area contributed by atoms with Gasteiger partial charge in [0.2, 0.25) is 5.95 Å². The summed E-state index contributed by atoms with van der Waals surface area (Å²) in [6, 6.07) is 0.439. The van der Waals surface area contributed by atoms with Crippen molar-refractivity contribution in [2.24, 2.45) is 0 Å². The monoisotopic (exact) mass is 298 g/mol. The molecule has 6 heteroatoms. The topological polar surface area (TPSA) is 64.3 Å². The van der Waals surface area contributed by atoms with Gasteiger partial charge in [-0.3, -0.25) is 0 Å². The first-order valence-corrected chi connectivity index (χ1v) is 6.71. The van der Waals surface area contributed by atoms with Crippen LogP contribution in [0.1, 0.15) is 19.3 Å². The molecular formula is C11H15BrN4O. The van der Waals surface area contributed by atoms with Gasteiger partial charge in [-0.25, -0.2) is 4.98 Å². The summed E-state index contributed by atoms with van der Waals surface area (Å²) >= 11 is 3.50. The second kappa shape index (κ2) is 4.42. The Hall–Kier alpha value is -0.880. The first-order valence-electron chi connectivity index (χ1n) is 5.92. The van der Waals surface area contributed by atoms with E-state index in [0.29, 0.717) is 18.1 Å². The minimum atomic E-state index is 0.323. The van der Waals surface area contributed by atoms with Crippen LogP contribution in [0.4, 0.5) is 11.8 Å². The molecule has 1 aromatic heterocycles. The second-order valence-electron chi connectivity index (χ2n) is 4.50. The highest BCUT2D eigenvalue weighted by Crippen LogP contribution is 2.35. The number of morpholine rings is 1. The Kier molecular flexibility index (Phi) is 2.92. The molecule has 1 aromatic rings. The molecule has 3 rings (SSSR count). The quantitative estimate of drug-likeness (QED) is 0.853. The second-order valence-corrected chi connectivity index (χ2v) is 5.35. The summed E-state index contributed by atoms with van der Waals surface area (Å²) in [5.74, 6) is 1.22. The fourth-order valence-electron chi connectivity index (χ4n) is 2.76. The molecule has 2 unspecified atom stereocenters. The fraction of sp³-hybridized carbons (Fsp3) is 0.636. The van der Waals surface area contributed by atoms with Gasteiger partial charge in [-0.2, -0.15) is 4.98 Å². The van der Waals surface area contributed by atoms with E-state index in [1.807, 2.05) is 0 Å². The molecule has 5 nitrogen and oxygen atoms in total. The Balaban J connectivity index is 1.94. The van der Waals surface area contributed by atoms with Crippen molar-refractivity contribution in [3.63, 3.8) is 0 Å². The number of nitrogen functional groups attached to an aromatic ring is 1. The molecule has 1 saturated carbocycles. The molecule has 2 heterocycles. The number of nitrogens with zero attached hydrogens (tertiary/aromatic N) is 3. The van der Waals surface area contributed by atoms with E-state index < -0.39 is 0 Å². The lowest BCUT2D eigenvalue weighted by Gasteiger charge is -2.38. The van der Waals surface area contributed by atoms with Crippen molar-refractivity contribution >= 4 is 27.7 Å². The molecule has 92 valence electrons. The molecule has 2 N–H and O–H groups in total. The lowest BCUT2D eigenvalue weighted by Crippen LogP contribution is -2.49. The van der Waals surface area contributed by atoms with Gasteiger partial charge in [0.15, 0.2) is 0 Å². The van der Waals surface area contributed by atoms with Crippen molar-refractivity contribution in [1.82, 2.24) is 9.97 Å². The van der Waals surface area contributed by atoms with Gasteiger partial charge in [0.1, 0.15) is 5.82 Å². The van der Waals surface area contributed by atoms with Crippen LogP contribution in [0.5, 0.6) is 0 Å². The summed E-state index contributed by atoms with van der Waals surface area (Å²) in [6.07, 6.45) is 5.62. The normalized spacial score (nSPS) is 28.2. The summed E-state index contributed by atoms with van der Waals surface area (Å²) in [4.78, 5) is 10.6. The van der Waals surface area contributed by atoms with Crippen LogP contribution in [0.25, 0.3) is 0 Å². The third-order valence-electron chi connectivity index (χ3n) is 3.50. The maximum Gasteiger partial charge on any atom is 0.222 e. The molecular weight excluding hydrogens is 284 g/mol. The minimum absolute atomic E-state index is 0.323. The van der Waals surface area contributed by atoms with Gasteiger partial charge in [0.05, 0.1) is 23.2 Å². The van der Waals surface area contributed by atoms with E-state index in [1.165, 1.54) is 12.8 Å². The average Bonchev–Trinajstić information content (AvgIpc) is 2.80. The van der Waals surface area contributed by atoms with Crippen LogP contribution in [-0.4, -0.2) is 35.3 Å². The number of fused-ring (bicyclic) bond motifs is 1. The van der Waals surface area contributed by atoms with Gasteiger partial charge in [-0.05, 0) is 35.2 Å². The lowest BCUT2D eigenvalue weighted by atomic mass is 10.1. The lowest BCUT2D eigenvalue weighted by molar-refractivity contribution is 0.0252. The van der Waals surface area contributed by atoms with E-state index >= 15 is 0 Å². The molecule has 0 bridgehead atoms. The number of anilines is 2. The van der Waals surface area contributed by atoms with Crippen molar-refractivity contribution in [3.8, 4) is 0 Å². The molecule has 2 aliphatic rings. The summed E-state index contributed by atoms with van der Waals surface area (Å²) in [5, 5.41) is 0. The third kappa shape index (κ3) is 1.99. The van der Waals surface area contributed by atoms with E-state index in [2.05, 4.69) is 30.8 Å². The summed E-state index contributed by atoms with van der Waals surface area (Å²) < 4.78 is 6.69. The first-order chi connectivity index (χ1) is 8.25. The highest BCUT2D eigenvalue weighted by molar-refractivity contribution is 9.10. The van der Waals surface area contributed by atoms with Crippen molar-refractivity contribution in [2.75, 3.05) is 23.8 Å². The van der Waals surface area contributed by atoms with Crippen LogP contribution >= 0.6 is 15.9 Å². The number of rotatable bonds is 1. The number of halogens is 1. The van der Waals surface area contributed by atoms with Crippen LogP contribution in [-0.2, 0) is 4.74 Å². The number of ether oxygens (including phenoxy) is 1. The summed E-state index contributed by atoms with van der Waals surface area (Å²) in [6.45, 7) is 1.63. The minimum Gasteiger partial charge on any atom is -0.374 e. The van der Waals surface area contributed by atoms with E-state index in [0.717, 1.165) is 29.9 Å². The van der Waals surface area contributed by atoms with Crippen LogP contribution in [0.15, 0.2) is 10.7 Å². The predicted molar refractivity (Wildman–Crippen MR) is 68.9 cm³/mol. The highest BCUT2D eigenvalue weighted by Gasteiger charge is 2.37. The molecule has 1 aliphatic heterocycles. The SMILES string of the molecule is Nc1ncc(Br)c(N2CCOC3CCCC32)n1. The van der Waals surface area contributed by atoms with Crippen LogP contribution in [0, 0.1) is 0 Å². The van der Waals surface area contributed by atoms with E-state index in [4.69, 9.17) is 10.5 Å². The highest BCUT2D eigenvalue weighted by atomic mass is 79.9. The van der Waals surface area contributed by atoms with Crippen molar-refractivity contribution in [2.45, 2.75) is 31.4 Å². The van der Waals surface area contributed by atoms with Gasteiger partial charge in [0.25, 0.3) is 0 Å². The maximum atomic E-state index is 5.79. The molecule has 0 aromatic carbocycles. The van der Waals surface area contributed by atoms with Crippen LogP contribution in [0.3, 0.4) is 0 Å². The van der Waals surface area contributed by atoms with Gasteiger partial charge >= 0.3 is 0 Å². The molecule has 0 radical (unpaired) electrons. The smallest absolute Gasteiger partial charge is 0.222 e. The summed E-state index contributed by atoms with van der Waals surface area (Å²) in [7, 11) is 0. The zero-order valence-corrected chi connectivity index (χ0v) is 11.1. The van der Waals surface area contributed by atoms with Crippen molar-refractivity contribution < 1.29 is 4.74 Å². The first kappa shape index (κ1) is 11.2. The molecule has 0 amide bonds. The number of nitrogens with two attached hydrogens (primary N) is 1. The van der Waals surface area contributed by atoms with Crippen LogP contribution < -0.4 is 10.6 Å². The fourth-order valence-corrected chi connectivity index (χ4v) is 3.18. The Morgan fingerprint density at radius 2 is 2.35 bits per heavy atom. The van der Waals surface area contributed by atoms with Gasteiger partial charge < -0.3 is 15.4 Å². The van der Waals surface area contributed by atoms with Crippen molar-refractivity contribution in [1.29, 1.82) is 0 Å². The molecule has 17 heavy (non-hydrogen) atoms. The average molecular weight is 299 g/mol. The standard InChI is InChI=1S/C11H15BrN4O/c12-7-6-14-11(13)15-10(7)16-4-5-17-9-3-1-2-8(9)16/h6,8-9H,1-5H2,(H2,13,14,15). The van der Waals surface area contributed by atoms with E-state index in [-0.39, 0.29) is 0 Å². The Labute approximate surface area is 108 Å².